The molecule has 0 aliphatic heterocycles. The van der Waals surface area contributed by atoms with Crippen LogP contribution in [0.15, 0.2) is 18.2 Å². The van der Waals surface area contributed by atoms with E-state index in [2.05, 4.69) is 15.9 Å². The first-order chi connectivity index (χ1) is 5.65. The van der Waals surface area contributed by atoms with Crippen LogP contribution in [0.5, 0.6) is 0 Å². The first-order valence-corrected chi connectivity index (χ1v) is 5.25. The van der Waals surface area contributed by atoms with Gasteiger partial charge in [0.2, 0.25) is 0 Å². The van der Waals surface area contributed by atoms with Crippen molar-refractivity contribution in [2.24, 2.45) is 0 Å². The second-order valence-electron chi connectivity index (χ2n) is 2.41. The van der Waals surface area contributed by atoms with E-state index in [0.717, 1.165) is 11.1 Å². The molecule has 0 atom stereocenters. The van der Waals surface area contributed by atoms with Crippen LogP contribution in [0.25, 0.3) is 0 Å². The van der Waals surface area contributed by atoms with Crippen molar-refractivity contribution in [2.75, 3.05) is 17.4 Å². The maximum absolute atomic E-state index is 5.96. The van der Waals surface area contributed by atoms with E-state index in [9.17, 15) is 0 Å². The zero-order chi connectivity index (χ0) is 9.14. The van der Waals surface area contributed by atoms with Gasteiger partial charge in [-0.05, 0) is 18.2 Å². The molecule has 12 heavy (non-hydrogen) atoms. The standard InChI is InChI=1S/C8H8BrCl2N/c1-12(5-9)8-3-2-6(10)4-7(8)11/h2-4H,5H2,1H3. The molecule has 0 saturated carbocycles. The van der Waals surface area contributed by atoms with Gasteiger partial charge in [0.05, 0.1) is 16.2 Å². The number of hydrogen-bond donors (Lipinski definition) is 0. The largest absolute Gasteiger partial charge is 0.363 e. The fourth-order valence-corrected chi connectivity index (χ4v) is 1.68. The highest BCUT2D eigenvalue weighted by atomic mass is 79.9. The lowest BCUT2D eigenvalue weighted by Gasteiger charge is -2.16. The minimum Gasteiger partial charge on any atom is -0.363 e. The van der Waals surface area contributed by atoms with Crippen LogP contribution in [0.4, 0.5) is 5.69 Å². The molecule has 0 fully saturated rings. The summed E-state index contributed by atoms with van der Waals surface area (Å²) >= 11 is 15.0. The van der Waals surface area contributed by atoms with Gasteiger partial charge in [-0.15, -0.1) is 0 Å². The van der Waals surface area contributed by atoms with Crippen molar-refractivity contribution in [1.29, 1.82) is 0 Å². The molecular weight excluding hydrogens is 261 g/mol. The molecule has 0 bridgehead atoms. The molecule has 1 aromatic carbocycles. The van der Waals surface area contributed by atoms with E-state index in [1.807, 2.05) is 24.1 Å². The van der Waals surface area contributed by atoms with Crippen LogP contribution in [-0.2, 0) is 0 Å². The van der Waals surface area contributed by atoms with Crippen molar-refractivity contribution in [3.05, 3.63) is 28.2 Å². The van der Waals surface area contributed by atoms with E-state index < -0.39 is 0 Å². The number of nitrogens with zero attached hydrogens (tertiary/aromatic N) is 1. The normalized spacial score (nSPS) is 10.0. The van der Waals surface area contributed by atoms with E-state index in [4.69, 9.17) is 23.2 Å². The Morgan fingerprint density at radius 2 is 2.08 bits per heavy atom. The number of hydrogen-bond acceptors (Lipinski definition) is 1. The van der Waals surface area contributed by atoms with Gasteiger partial charge in [0.25, 0.3) is 0 Å². The third kappa shape index (κ3) is 2.28. The summed E-state index contributed by atoms with van der Waals surface area (Å²) in [4.78, 5) is 1.98. The number of rotatable bonds is 2. The second-order valence-corrected chi connectivity index (χ2v) is 3.76. The van der Waals surface area contributed by atoms with E-state index in [1.54, 1.807) is 6.07 Å². The molecule has 0 heterocycles. The van der Waals surface area contributed by atoms with Crippen molar-refractivity contribution in [3.8, 4) is 0 Å². The van der Waals surface area contributed by atoms with Gasteiger partial charge >= 0.3 is 0 Å². The average molecular weight is 269 g/mol. The first kappa shape index (κ1) is 10.2. The van der Waals surface area contributed by atoms with Gasteiger partial charge in [-0.1, -0.05) is 39.1 Å². The molecule has 0 aliphatic rings. The number of benzene rings is 1. The molecule has 4 heteroatoms. The average Bonchev–Trinajstić information content (AvgIpc) is 2.03. The monoisotopic (exact) mass is 267 g/mol. The summed E-state index contributed by atoms with van der Waals surface area (Å²) in [6.07, 6.45) is 0. The van der Waals surface area contributed by atoms with Gasteiger partial charge in [0.1, 0.15) is 0 Å². The topological polar surface area (TPSA) is 3.24 Å². The molecule has 0 amide bonds. The van der Waals surface area contributed by atoms with Crippen LogP contribution in [0.2, 0.25) is 10.0 Å². The summed E-state index contributed by atoms with van der Waals surface area (Å²) in [5, 5.41) is 1.33. The van der Waals surface area contributed by atoms with Crippen molar-refractivity contribution in [3.63, 3.8) is 0 Å². The van der Waals surface area contributed by atoms with Crippen LogP contribution in [0, 0.1) is 0 Å². The molecule has 0 spiro atoms. The summed E-state index contributed by atoms with van der Waals surface area (Å²) in [5.74, 6) is 0. The highest BCUT2D eigenvalue weighted by molar-refractivity contribution is 9.09. The predicted octanol–water partition coefficient (Wildman–Crippen LogP) is 3.78. The molecule has 1 nitrogen and oxygen atoms in total. The quantitative estimate of drug-likeness (QED) is 0.583. The second kappa shape index (κ2) is 4.35. The molecular formula is C8H8BrCl2N. The van der Waals surface area contributed by atoms with Gasteiger partial charge < -0.3 is 4.90 Å². The number of halogens is 3. The molecule has 0 unspecified atom stereocenters. The molecule has 66 valence electrons. The molecule has 0 saturated heterocycles. The lowest BCUT2D eigenvalue weighted by Crippen LogP contribution is -2.13. The SMILES string of the molecule is CN(CBr)c1ccc(Cl)cc1Cl. The van der Waals surface area contributed by atoms with E-state index in [-0.39, 0.29) is 0 Å². The highest BCUT2D eigenvalue weighted by Crippen LogP contribution is 2.28. The fourth-order valence-electron chi connectivity index (χ4n) is 0.855. The molecule has 0 aliphatic carbocycles. The number of anilines is 1. The van der Waals surface area contributed by atoms with E-state index >= 15 is 0 Å². The molecule has 0 aromatic heterocycles. The van der Waals surface area contributed by atoms with Gasteiger partial charge in [-0.2, -0.15) is 0 Å². The Bertz CT molecular complexity index is 278. The minimum absolute atomic E-state index is 0.659. The first-order valence-electron chi connectivity index (χ1n) is 3.37. The highest BCUT2D eigenvalue weighted by Gasteiger charge is 2.04. The zero-order valence-corrected chi connectivity index (χ0v) is 9.62. The summed E-state index contributed by atoms with van der Waals surface area (Å²) in [6, 6.07) is 5.45. The minimum atomic E-state index is 0.659. The lowest BCUT2D eigenvalue weighted by atomic mass is 10.3. The van der Waals surface area contributed by atoms with Gasteiger partial charge in [0, 0.05) is 12.1 Å². The Balaban J connectivity index is 3.01. The Hall–Kier alpha value is 0.0800. The molecule has 1 aromatic rings. The molecule has 0 N–H and O–H groups in total. The molecule has 1 rings (SSSR count). The van der Waals surface area contributed by atoms with E-state index in [1.165, 1.54) is 0 Å². The maximum atomic E-state index is 5.96. The maximum Gasteiger partial charge on any atom is 0.0733 e. The van der Waals surface area contributed by atoms with Crippen molar-refractivity contribution in [2.45, 2.75) is 0 Å². The molecule has 0 radical (unpaired) electrons. The van der Waals surface area contributed by atoms with Crippen LogP contribution in [0.1, 0.15) is 0 Å². The Kier molecular flexibility index (Phi) is 3.69. The van der Waals surface area contributed by atoms with Gasteiger partial charge in [-0.25, -0.2) is 0 Å². The summed E-state index contributed by atoms with van der Waals surface area (Å²) in [5.41, 5.74) is 1.71. The van der Waals surface area contributed by atoms with Crippen LogP contribution < -0.4 is 4.90 Å². The van der Waals surface area contributed by atoms with Crippen LogP contribution >= 0.6 is 39.1 Å². The lowest BCUT2D eigenvalue weighted by molar-refractivity contribution is 1.11. The number of alkyl halides is 1. The third-order valence-corrected chi connectivity index (χ3v) is 2.79. The predicted molar refractivity (Wildman–Crippen MR) is 58.7 cm³/mol. The van der Waals surface area contributed by atoms with Gasteiger partial charge in [0.15, 0.2) is 0 Å². The van der Waals surface area contributed by atoms with Crippen molar-refractivity contribution < 1.29 is 0 Å². The fraction of sp³-hybridized carbons (Fsp3) is 0.250. The van der Waals surface area contributed by atoms with Crippen LogP contribution in [-0.4, -0.2) is 12.5 Å². The smallest absolute Gasteiger partial charge is 0.0733 e. The third-order valence-electron chi connectivity index (χ3n) is 1.50. The Morgan fingerprint density at radius 1 is 1.42 bits per heavy atom. The summed E-state index contributed by atoms with van der Waals surface area (Å²) < 4.78 is 0. The van der Waals surface area contributed by atoms with Crippen molar-refractivity contribution >= 4 is 44.8 Å². The summed E-state index contributed by atoms with van der Waals surface area (Å²) in [7, 11) is 1.95. The van der Waals surface area contributed by atoms with Crippen LogP contribution in [0.3, 0.4) is 0 Å². The zero-order valence-electron chi connectivity index (χ0n) is 6.52. The Morgan fingerprint density at radius 3 is 2.58 bits per heavy atom. The van der Waals surface area contributed by atoms with Gasteiger partial charge in [-0.3, -0.25) is 0 Å². The van der Waals surface area contributed by atoms with E-state index in [0.29, 0.717) is 10.0 Å². The van der Waals surface area contributed by atoms with Crippen molar-refractivity contribution in [1.82, 2.24) is 0 Å². The Labute approximate surface area is 90.4 Å². The summed E-state index contributed by atoms with van der Waals surface area (Å²) in [6.45, 7) is 0.